The van der Waals surface area contributed by atoms with E-state index in [1.165, 1.54) is 23.3 Å². The molecule has 0 aliphatic heterocycles. The molecule has 21 heavy (non-hydrogen) atoms. The number of nitrogens with one attached hydrogen (secondary N) is 1. The topological polar surface area (TPSA) is 12.0 Å². The van der Waals surface area contributed by atoms with Gasteiger partial charge in [-0.15, -0.1) is 0 Å². The second-order valence-electron chi connectivity index (χ2n) is 5.79. The summed E-state index contributed by atoms with van der Waals surface area (Å²) < 4.78 is 12.9. The standard InChI is InChI=1S/C19H24FN/c1-15(18-6-4-3-5-7-18)12-13-21-16(2)14-17-8-10-19(20)11-9-17/h3-11,15-16,21H,12-14H2,1-2H3. The third-order valence-electron chi connectivity index (χ3n) is 3.89. The lowest BCUT2D eigenvalue weighted by atomic mass is 9.98. The van der Waals surface area contributed by atoms with Crippen LogP contribution in [0.5, 0.6) is 0 Å². The number of hydrogen-bond acceptors (Lipinski definition) is 1. The Hall–Kier alpha value is -1.67. The zero-order valence-corrected chi connectivity index (χ0v) is 12.9. The van der Waals surface area contributed by atoms with E-state index in [1.807, 2.05) is 12.1 Å². The molecule has 0 aliphatic carbocycles. The van der Waals surface area contributed by atoms with Crippen molar-refractivity contribution in [1.29, 1.82) is 0 Å². The van der Waals surface area contributed by atoms with Crippen LogP contribution in [0.4, 0.5) is 4.39 Å². The molecule has 112 valence electrons. The van der Waals surface area contributed by atoms with Crippen LogP contribution in [0, 0.1) is 5.82 Å². The molecule has 2 rings (SSSR count). The van der Waals surface area contributed by atoms with Crippen molar-refractivity contribution in [3.8, 4) is 0 Å². The highest BCUT2D eigenvalue weighted by atomic mass is 19.1. The molecule has 2 heteroatoms. The van der Waals surface area contributed by atoms with Crippen molar-refractivity contribution in [3.63, 3.8) is 0 Å². The maximum absolute atomic E-state index is 12.9. The zero-order valence-electron chi connectivity index (χ0n) is 12.9. The van der Waals surface area contributed by atoms with E-state index in [0.29, 0.717) is 12.0 Å². The summed E-state index contributed by atoms with van der Waals surface area (Å²) >= 11 is 0. The van der Waals surface area contributed by atoms with Crippen molar-refractivity contribution < 1.29 is 4.39 Å². The summed E-state index contributed by atoms with van der Waals surface area (Å²) in [7, 11) is 0. The van der Waals surface area contributed by atoms with Crippen molar-refractivity contribution in [2.75, 3.05) is 6.54 Å². The maximum Gasteiger partial charge on any atom is 0.123 e. The van der Waals surface area contributed by atoms with Crippen molar-refractivity contribution >= 4 is 0 Å². The van der Waals surface area contributed by atoms with E-state index in [9.17, 15) is 4.39 Å². The second kappa shape index (κ2) is 7.94. The Morgan fingerprint density at radius 3 is 2.29 bits per heavy atom. The summed E-state index contributed by atoms with van der Waals surface area (Å²) in [6.07, 6.45) is 2.05. The first-order chi connectivity index (χ1) is 10.1. The summed E-state index contributed by atoms with van der Waals surface area (Å²) in [5.74, 6) is 0.396. The molecule has 0 heterocycles. The van der Waals surface area contributed by atoms with E-state index < -0.39 is 0 Å². The van der Waals surface area contributed by atoms with Gasteiger partial charge in [0.05, 0.1) is 0 Å². The minimum atomic E-state index is -0.170. The SMILES string of the molecule is CC(Cc1ccc(F)cc1)NCCC(C)c1ccccc1. The molecule has 2 unspecified atom stereocenters. The molecule has 0 spiro atoms. The average molecular weight is 285 g/mol. The minimum absolute atomic E-state index is 0.170. The molecule has 0 saturated heterocycles. The third kappa shape index (κ3) is 5.31. The van der Waals surface area contributed by atoms with Gasteiger partial charge >= 0.3 is 0 Å². The van der Waals surface area contributed by atoms with Gasteiger partial charge < -0.3 is 5.32 Å². The van der Waals surface area contributed by atoms with Gasteiger partial charge in [0.25, 0.3) is 0 Å². The van der Waals surface area contributed by atoms with Crippen LogP contribution in [0.15, 0.2) is 54.6 Å². The molecule has 2 aromatic rings. The fraction of sp³-hybridized carbons (Fsp3) is 0.368. The van der Waals surface area contributed by atoms with Gasteiger partial charge in [-0.25, -0.2) is 4.39 Å². The monoisotopic (exact) mass is 285 g/mol. The highest BCUT2D eigenvalue weighted by molar-refractivity contribution is 5.19. The van der Waals surface area contributed by atoms with Gasteiger partial charge in [0.15, 0.2) is 0 Å². The average Bonchev–Trinajstić information content (AvgIpc) is 2.50. The highest BCUT2D eigenvalue weighted by Crippen LogP contribution is 2.17. The smallest absolute Gasteiger partial charge is 0.123 e. The van der Waals surface area contributed by atoms with Gasteiger partial charge in [-0.05, 0) is 55.5 Å². The van der Waals surface area contributed by atoms with E-state index >= 15 is 0 Å². The lowest BCUT2D eigenvalue weighted by molar-refractivity contribution is 0.512. The Kier molecular flexibility index (Phi) is 5.94. The van der Waals surface area contributed by atoms with Crippen molar-refractivity contribution in [3.05, 3.63) is 71.5 Å². The van der Waals surface area contributed by atoms with Crippen molar-refractivity contribution in [2.24, 2.45) is 0 Å². The molecular formula is C19H24FN. The second-order valence-corrected chi connectivity index (χ2v) is 5.79. The number of hydrogen-bond donors (Lipinski definition) is 1. The molecule has 0 radical (unpaired) electrons. The third-order valence-corrected chi connectivity index (χ3v) is 3.89. The minimum Gasteiger partial charge on any atom is -0.314 e. The Balaban J connectivity index is 1.72. The van der Waals surface area contributed by atoms with E-state index in [-0.39, 0.29) is 5.82 Å². The van der Waals surface area contributed by atoms with Crippen LogP contribution in [-0.2, 0) is 6.42 Å². The number of benzene rings is 2. The fourth-order valence-corrected chi connectivity index (χ4v) is 2.54. The zero-order chi connectivity index (χ0) is 15.1. The van der Waals surface area contributed by atoms with E-state index in [1.54, 1.807) is 0 Å². The lowest BCUT2D eigenvalue weighted by Crippen LogP contribution is -2.29. The molecule has 1 nitrogen and oxygen atoms in total. The molecule has 0 amide bonds. The first-order valence-corrected chi connectivity index (χ1v) is 7.68. The van der Waals surface area contributed by atoms with Gasteiger partial charge in [-0.3, -0.25) is 0 Å². The van der Waals surface area contributed by atoms with Crippen LogP contribution in [0.2, 0.25) is 0 Å². The summed E-state index contributed by atoms with van der Waals surface area (Å²) in [6.45, 7) is 5.44. The predicted molar refractivity (Wildman–Crippen MR) is 87.0 cm³/mol. The Bertz CT molecular complexity index is 521. The van der Waals surface area contributed by atoms with Gasteiger partial charge in [-0.2, -0.15) is 0 Å². The predicted octanol–water partition coefficient (Wildman–Crippen LogP) is 4.54. The van der Waals surface area contributed by atoms with Crippen LogP contribution in [0.1, 0.15) is 37.3 Å². The normalized spacial score (nSPS) is 13.9. The quantitative estimate of drug-likeness (QED) is 0.787. The van der Waals surface area contributed by atoms with Crippen molar-refractivity contribution in [1.82, 2.24) is 5.32 Å². The van der Waals surface area contributed by atoms with Crippen LogP contribution in [0.3, 0.4) is 0 Å². The highest BCUT2D eigenvalue weighted by Gasteiger charge is 2.07. The van der Waals surface area contributed by atoms with Crippen LogP contribution < -0.4 is 5.32 Å². The molecule has 0 aromatic heterocycles. The summed E-state index contributed by atoms with van der Waals surface area (Å²) in [4.78, 5) is 0. The van der Waals surface area contributed by atoms with Crippen LogP contribution in [-0.4, -0.2) is 12.6 Å². The molecule has 0 bridgehead atoms. The first kappa shape index (κ1) is 15.7. The Morgan fingerprint density at radius 1 is 0.952 bits per heavy atom. The van der Waals surface area contributed by atoms with E-state index in [0.717, 1.165) is 19.4 Å². The van der Waals surface area contributed by atoms with Gasteiger partial charge in [-0.1, -0.05) is 49.4 Å². The summed E-state index contributed by atoms with van der Waals surface area (Å²) in [5, 5.41) is 3.55. The summed E-state index contributed by atoms with van der Waals surface area (Å²) in [5.41, 5.74) is 2.57. The fourth-order valence-electron chi connectivity index (χ4n) is 2.54. The largest absolute Gasteiger partial charge is 0.314 e. The molecule has 2 aromatic carbocycles. The number of rotatable bonds is 7. The summed E-state index contributed by atoms with van der Waals surface area (Å²) in [6, 6.07) is 17.8. The number of halogens is 1. The van der Waals surface area contributed by atoms with E-state index in [2.05, 4.69) is 49.5 Å². The lowest BCUT2D eigenvalue weighted by Gasteiger charge is -2.17. The van der Waals surface area contributed by atoms with Crippen molar-refractivity contribution in [2.45, 2.75) is 38.6 Å². The molecule has 1 N–H and O–H groups in total. The molecule has 0 fully saturated rings. The molecule has 2 atom stereocenters. The molecular weight excluding hydrogens is 261 g/mol. The van der Waals surface area contributed by atoms with Crippen LogP contribution in [0.25, 0.3) is 0 Å². The van der Waals surface area contributed by atoms with Gasteiger partial charge in [0.2, 0.25) is 0 Å². The maximum atomic E-state index is 12.9. The molecule has 0 aliphatic rings. The van der Waals surface area contributed by atoms with E-state index in [4.69, 9.17) is 0 Å². The van der Waals surface area contributed by atoms with Gasteiger partial charge in [0, 0.05) is 6.04 Å². The Morgan fingerprint density at radius 2 is 1.62 bits per heavy atom. The van der Waals surface area contributed by atoms with Crippen LogP contribution >= 0.6 is 0 Å². The first-order valence-electron chi connectivity index (χ1n) is 7.68. The molecule has 0 saturated carbocycles. The Labute approximate surface area is 127 Å². The van der Waals surface area contributed by atoms with Gasteiger partial charge in [0.1, 0.15) is 5.82 Å².